The van der Waals surface area contributed by atoms with Crippen LogP contribution in [-0.4, -0.2) is 21.8 Å². The van der Waals surface area contributed by atoms with E-state index >= 15 is 0 Å². The molecule has 4 heteroatoms. The van der Waals surface area contributed by atoms with Crippen molar-refractivity contribution in [1.29, 1.82) is 0 Å². The lowest BCUT2D eigenvalue weighted by Gasteiger charge is -2.04. The third kappa shape index (κ3) is 3.90. The molecule has 0 aromatic heterocycles. The lowest BCUT2D eigenvalue weighted by atomic mass is 10.1. The Morgan fingerprint density at radius 3 is 1.67 bits per heavy atom. The fourth-order valence-electron chi connectivity index (χ4n) is 1.39. The first-order valence-electron chi connectivity index (χ1n) is 5.33. The standard InChI is InChI=1S/C14H14O4/c1-9(15)6-13(17)11-4-3-5-12(8-11)14(18)7-10(2)16/h3-8,17-18H,1-2H3/b13-6-,14-7?. The molecule has 0 aliphatic carbocycles. The maximum Gasteiger partial charge on any atom is 0.156 e. The Hall–Kier alpha value is -2.36. The smallest absolute Gasteiger partial charge is 0.156 e. The summed E-state index contributed by atoms with van der Waals surface area (Å²) in [5.41, 5.74) is 0.789. The normalized spacial score (nSPS) is 12.3. The fraction of sp³-hybridized carbons (Fsp3) is 0.143. The van der Waals surface area contributed by atoms with Crippen LogP contribution >= 0.6 is 0 Å². The van der Waals surface area contributed by atoms with Gasteiger partial charge in [-0.25, -0.2) is 0 Å². The third-order valence-electron chi connectivity index (χ3n) is 2.13. The first-order chi connectivity index (χ1) is 8.40. The Morgan fingerprint density at radius 2 is 1.33 bits per heavy atom. The highest BCUT2D eigenvalue weighted by molar-refractivity contribution is 5.94. The number of rotatable bonds is 4. The van der Waals surface area contributed by atoms with Crippen LogP contribution in [0.3, 0.4) is 0 Å². The van der Waals surface area contributed by atoms with E-state index in [2.05, 4.69) is 0 Å². The van der Waals surface area contributed by atoms with E-state index in [1.807, 2.05) is 0 Å². The van der Waals surface area contributed by atoms with E-state index in [1.54, 1.807) is 18.2 Å². The highest BCUT2D eigenvalue weighted by Gasteiger charge is 2.05. The van der Waals surface area contributed by atoms with Gasteiger partial charge in [-0.2, -0.15) is 0 Å². The van der Waals surface area contributed by atoms with Crippen LogP contribution in [0.1, 0.15) is 25.0 Å². The predicted molar refractivity (Wildman–Crippen MR) is 69.0 cm³/mol. The molecule has 0 amide bonds. The van der Waals surface area contributed by atoms with Gasteiger partial charge in [0.25, 0.3) is 0 Å². The van der Waals surface area contributed by atoms with Gasteiger partial charge in [-0.15, -0.1) is 0 Å². The zero-order valence-corrected chi connectivity index (χ0v) is 10.2. The van der Waals surface area contributed by atoms with Gasteiger partial charge >= 0.3 is 0 Å². The molecule has 0 aliphatic heterocycles. The van der Waals surface area contributed by atoms with Crippen LogP contribution in [-0.2, 0) is 9.59 Å². The van der Waals surface area contributed by atoms with Gasteiger partial charge in [0.2, 0.25) is 0 Å². The second-order valence-electron chi connectivity index (χ2n) is 3.86. The summed E-state index contributed by atoms with van der Waals surface area (Å²) in [4.78, 5) is 21.7. The molecule has 18 heavy (non-hydrogen) atoms. The van der Waals surface area contributed by atoms with E-state index in [0.717, 1.165) is 12.2 Å². The highest BCUT2D eigenvalue weighted by Crippen LogP contribution is 2.18. The third-order valence-corrected chi connectivity index (χ3v) is 2.13. The van der Waals surface area contributed by atoms with E-state index in [-0.39, 0.29) is 23.1 Å². The maximum absolute atomic E-state index is 10.8. The number of benzene rings is 1. The van der Waals surface area contributed by atoms with Crippen LogP contribution in [0.5, 0.6) is 0 Å². The lowest BCUT2D eigenvalue weighted by Crippen LogP contribution is -1.92. The summed E-state index contributed by atoms with van der Waals surface area (Å²) in [6.45, 7) is 2.65. The van der Waals surface area contributed by atoms with Gasteiger partial charge < -0.3 is 10.2 Å². The van der Waals surface area contributed by atoms with Crippen molar-refractivity contribution in [1.82, 2.24) is 0 Å². The SMILES string of the molecule is CC(=O)C=C(O)c1cccc(/C(O)=C/C(C)=O)c1. The minimum absolute atomic E-state index is 0.181. The van der Waals surface area contributed by atoms with Crippen LogP contribution in [0, 0.1) is 0 Å². The Balaban J connectivity index is 3.14. The molecule has 0 fully saturated rings. The molecule has 1 aromatic carbocycles. The largest absolute Gasteiger partial charge is 0.507 e. The van der Waals surface area contributed by atoms with Crippen LogP contribution in [0.25, 0.3) is 11.5 Å². The van der Waals surface area contributed by atoms with E-state index in [0.29, 0.717) is 11.1 Å². The predicted octanol–water partition coefficient (Wildman–Crippen LogP) is 2.66. The van der Waals surface area contributed by atoms with E-state index in [9.17, 15) is 19.8 Å². The van der Waals surface area contributed by atoms with Crippen molar-refractivity contribution in [3.63, 3.8) is 0 Å². The summed E-state index contributed by atoms with van der Waals surface area (Å²) in [7, 11) is 0. The molecule has 1 rings (SSSR count). The molecule has 0 radical (unpaired) electrons. The molecule has 4 nitrogen and oxygen atoms in total. The summed E-state index contributed by atoms with van der Waals surface area (Å²) in [5, 5.41) is 19.3. The average molecular weight is 246 g/mol. The van der Waals surface area contributed by atoms with Crippen molar-refractivity contribution in [3.05, 3.63) is 47.5 Å². The van der Waals surface area contributed by atoms with Crippen LogP contribution < -0.4 is 0 Å². The van der Waals surface area contributed by atoms with Gasteiger partial charge in [0, 0.05) is 23.3 Å². The van der Waals surface area contributed by atoms with Crippen molar-refractivity contribution in [3.8, 4) is 0 Å². The number of hydrogen-bond donors (Lipinski definition) is 2. The minimum atomic E-state index is -0.276. The molecule has 0 saturated carbocycles. The van der Waals surface area contributed by atoms with Crippen molar-refractivity contribution < 1.29 is 19.8 Å². The minimum Gasteiger partial charge on any atom is -0.507 e. The molecule has 0 saturated heterocycles. The average Bonchev–Trinajstić information content (AvgIpc) is 2.27. The van der Waals surface area contributed by atoms with Gasteiger partial charge in [-0.05, 0) is 19.9 Å². The van der Waals surface area contributed by atoms with Crippen molar-refractivity contribution in [2.75, 3.05) is 0 Å². The zero-order valence-electron chi connectivity index (χ0n) is 10.2. The van der Waals surface area contributed by atoms with Gasteiger partial charge in [0.15, 0.2) is 11.6 Å². The summed E-state index contributed by atoms with van der Waals surface area (Å²) in [6.07, 6.45) is 2.18. The van der Waals surface area contributed by atoms with Gasteiger partial charge in [0.05, 0.1) is 0 Å². The number of carbonyl (C=O) groups is 2. The molecular weight excluding hydrogens is 232 g/mol. The molecule has 1 aromatic rings. The molecule has 2 N–H and O–H groups in total. The number of carbonyl (C=O) groups excluding carboxylic acids is 2. The zero-order chi connectivity index (χ0) is 13.7. The molecule has 0 spiro atoms. The fourth-order valence-corrected chi connectivity index (χ4v) is 1.39. The van der Waals surface area contributed by atoms with Gasteiger partial charge in [-0.3, -0.25) is 9.59 Å². The molecule has 0 bridgehead atoms. The van der Waals surface area contributed by atoms with Crippen molar-refractivity contribution in [2.45, 2.75) is 13.8 Å². The Morgan fingerprint density at radius 1 is 0.944 bits per heavy atom. The molecule has 0 atom stereocenters. The monoisotopic (exact) mass is 246 g/mol. The number of ketones is 2. The summed E-state index contributed by atoms with van der Waals surface area (Å²) >= 11 is 0. The summed E-state index contributed by atoms with van der Waals surface area (Å²) in [5.74, 6) is -0.914. The summed E-state index contributed by atoms with van der Waals surface area (Å²) in [6, 6.07) is 6.29. The lowest BCUT2D eigenvalue weighted by molar-refractivity contribution is -0.113. The second-order valence-corrected chi connectivity index (χ2v) is 3.86. The molecule has 94 valence electrons. The van der Waals surface area contributed by atoms with E-state index < -0.39 is 0 Å². The van der Waals surface area contributed by atoms with Gasteiger partial charge in [-0.1, -0.05) is 18.2 Å². The van der Waals surface area contributed by atoms with Crippen LogP contribution in [0.4, 0.5) is 0 Å². The Labute approximate surface area is 105 Å². The quantitative estimate of drug-likeness (QED) is 0.632. The van der Waals surface area contributed by atoms with Crippen molar-refractivity contribution >= 4 is 23.1 Å². The molecule has 0 heterocycles. The first-order valence-corrected chi connectivity index (χ1v) is 5.33. The number of aliphatic hydroxyl groups is 2. The molecular formula is C14H14O4. The molecule has 0 aliphatic rings. The topological polar surface area (TPSA) is 74.6 Å². The number of hydrogen-bond acceptors (Lipinski definition) is 4. The highest BCUT2D eigenvalue weighted by atomic mass is 16.3. The number of allylic oxidation sites excluding steroid dienone is 2. The van der Waals surface area contributed by atoms with E-state index in [1.165, 1.54) is 19.9 Å². The second kappa shape index (κ2) is 5.82. The van der Waals surface area contributed by atoms with Gasteiger partial charge in [0.1, 0.15) is 11.5 Å². The van der Waals surface area contributed by atoms with E-state index in [4.69, 9.17) is 0 Å². The number of aliphatic hydroxyl groups excluding tert-OH is 2. The van der Waals surface area contributed by atoms with Crippen LogP contribution in [0.15, 0.2) is 36.4 Å². The Bertz CT molecular complexity index is 493. The Kier molecular flexibility index (Phi) is 4.43. The summed E-state index contributed by atoms with van der Waals surface area (Å²) < 4.78 is 0. The maximum atomic E-state index is 10.8. The van der Waals surface area contributed by atoms with Crippen LogP contribution in [0.2, 0.25) is 0 Å². The van der Waals surface area contributed by atoms with Crippen molar-refractivity contribution in [2.24, 2.45) is 0 Å². The molecule has 0 unspecified atom stereocenters. The first kappa shape index (κ1) is 13.7.